The number of hydrogen-bond acceptors (Lipinski definition) is 9. The third kappa shape index (κ3) is 4.90. The van der Waals surface area contributed by atoms with Crippen molar-refractivity contribution >= 4 is 21.8 Å². The van der Waals surface area contributed by atoms with E-state index in [1.165, 1.54) is 16.1 Å². The van der Waals surface area contributed by atoms with Gasteiger partial charge in [0.05, 0.1) is 10.1 Å². The van der Waals surface area contributed by atoms with Gasteiger partial charge in [-0.05, 0) is 31.5 Å². The van der Waals surface area contributed by atoms with Crippen LogP contribution in [0.5, 0.6) is 0 Å². The number of thioether (sulfide) groups is 1. The van der Waals surface area contributed by atoms with Gasteiger partial charge in [0, 0.05) is 25.1 Å². The highest BCUT2D eigenvalue weighted by atomic mass is 32.2. The molecule has 1 aromatic carbocycles. The molecule has 0 bridgehead atoms. The topological polar surface area (TPSA) is 115 Å². The lowest BCUT2D eigenvalue weighted by Gasteiger charge is -2.18. The van der Waals surface area contributed by atoms with Crippen molar-refractivity contribution in [2.24, 2.45) is 0 Å². The maximum Gasteiger partial charge on any atom is 0.277 e. The lowest BCUT2D eigenvalue weighted by atomic mass is 10.2. The van der Waals surface area contributed by atoms with Crippen molar-refractivity contribution in [3.8, 4) is 11.5 Å². The minimum absolute atomic E-state index is 0.161. The Morgan fingerprint density at radius 2 is 1.93 bits per heavy atom. The van der Waals surface area contributed by atoms with E-state index >= 15 is 0 Å². The normalized spacial score (nSPS) is 13.1. The molecule has 3 aromatic rings. The highest BCUT2D eigenvalue weighted by molar-refractivity contribution is 7.99. The molecule has 0 radical (unpaired) electrons. The van der Waals surface area contributed by atoms with Crippen molar-refractivity contribution < 1.29 is 17.4 Å². The van der Waals surface area contributed by atoms with Crippen LogP contribution >= 0.6 is 11.8 Å². The number of hydrogen-bond donors (Lipinski definition) is 0. The molecule has 1 unspecified atom stereocenters. The third-order valence-corrected chi connectivity index (χ3v) is 7.38. The predicted octanol–water partition coefficient (Wildman–Crippen LogP) is 3.96. The van der Waals surface area contributed by atoms with Gasteiger partial charge in [-0.1, -0.05) is 43.8 Å². The molecule has 30 heavy (non-hydrogen) atoms. The first kappa shape index (κ1) is 22.4. The van der Waals surface area contributed by atoms with Crippen LogP contribution in [0.25, 0.3) is 11.5 Å². The number of sulfonamides is 1. The number of rotatable bonds is 10. The first-order valence-electron chi connectivity index (χ1n) is 9.82. The molecule has 9 nitrogen and oxygen atoms in total. The molecule has 2 heterocycles. The summed E-state index contributed by atoms with van der Waals surface area (Å²) in [6.07, 6.45) is 1.70. The molecule has 3 rings (SSSR count). The fraction of sp³-hybridized carbons (Fsp3) is 0.474. The van der Waals surface area contributed by atoms with Crippen LogP contribution in [0.15, 0.2) is 43.3 Å². The highest BCUT2D eigenvalue weighted by Gasteiger charge is 2.23. The average Bonchev–Trinajstić information content (AvgIpc) is 3.39. The van der Waals surface area contributed by atoms with Crippen molar-refractivity contribution in [3.63, 3.8) is 0 Å². The first-order valence-corrected chi connectivity index (χ1v) is 12.1. The molecular formula is C19H25N5O4S2. The summed E-state index contributed by atoms with van der Waals surface area (Å²) >= 11 is 1.30. The van der Waals surface area contributed by atoms with Crippen molar-refractivity contribution in [2.75, 3.05) is 13.1 Å². The monoisotopic (exact) mass is 451 g/mol. The zero-order valence-electron chi connectivity index (χ0n) is 17.4. The van der Waals surface area contributed by atoms with Gasteiger partial charge in [0.2, 0.25) is 21.8 Å². The van der Waals surface area contributed by atoms with Gasteiger partial charge >= 0.3 is 0 Å². The van der Waals surface area contributed by atoms with Crippen molar-refractivity contribution in [1.82, 2.24) is 24.6 Å². The Hall–Kier alpha value is -2.24. The average molecular weight is 452 g/mol. The molecule has 0 aliphatic carbocycles. The molecule has 0 amide bonds. The second kappa shape index (κ2) is 9.71. The first-order chi connectivity index (χ1) is 14.4. The van der Waals surface area contributed by atoms with E-state index in [0.29, 0.717) is 35.6 Å². The summed E-state index contributed by atoms with van der Waals surface area (Å²) in [5, 5.41) is 12.3. The number of nitrogens with zero attached hydrogens (tertiary/aromatic N) is 5. The van der Waals surface area contributed by atoms with Crippen molar-refractivity contribution in [3.05, 3.63) is 36.0 Å². The van der Waals surface area contributed by atoms with E-state index in [4.69, 9.17) is 8.94 Å². The van der Waals surface area contributed by atoms with Crippen LogP contribution in [-0.2, 0) is 16.4 Å². The van der Waals surface area contributed by atoms with Crippen LogP contribution in [0.2, 0.25) is 0 Å². The minimum Gasteiger partial charge on any atom is -0.411 e. The quantitative estimate of drug-likeness (QED) is 0.422. The third-order valence-electron chi connectivity index (χ3n) is 4.41. The highest BCUT2D eigenvalue weighted by Crippen LogP contribution is 2.34. The number of benzene rings is 1. The van der Waals surface area contributed by atoms with Gasteiger partial charge in [-0.3, -0.25) is 0 Å². The summed E-state index contributed by atoms with van der Waals surface area (Å²) in [4.78, 5) is 4.57. The van der Waals surface area contributed by atoms with Crippen LogP contribution in [-0.4, -0.2) is 46.2 Å². The molecular weight excluding hydrogens is 426 g/mol. The van der Waals surface area contributed by atoms with Gasteiger partial charge < -0.3 is 8.94 Å². The molecule has 0 fully saturated rings. The van der Waals surface area contributed by atoms with Gasteiger partial charge in [-0.2, -0.15) is 9.29 Å². The Labute approximate surface area is 180 Å². The fourth-order valence-electron chi connectivity index (χ4n) is 2.84. The Bertz CT molecular complexity index is 1080. The van der Waals surface area contributed by atoms with Gasteiger partial charge in [-0.25, -0.2) is 8.42 Å². The van der Waals surface area contributed by atoms with E-state index in [2.05, 4.69) is 27.3 Å². The molecule has 162 valence electrons. The van der Waals surface area contributed by atoms with Gasteiger partial charge in [0.1, 0.15) is 0 Å². The molecule has 2 aromatic heterocycles. The molecule has 0 spiro atoms. The molecule has 0 aliphatic rings. The fourth-order valence-corrected chi connectivity index (χ4v) is 5.05. The largest absolute Gasteiger partial charge is 0.411 e. The Morgan fingerprint density at radius 3 is 2.63 bits per heavy atom. The summed E-state index contributed by atoms with van der Waals surface area (Å²) in [6.45, 7) is 8.38. The van der Waals surface area contributed by atoms with Crippen molar-refractivity contribution in [1.29, 1.82) is 0 Å². The second-order valence-corrected chi connectivity index (χ2v) is 9.78. The Kier molecular flexibility index (Phi) is 7.27. The standard InChI is InChI=1S/C19H25N5O4S2/c1-5-9-16-20-17(28-23-16)13(4)29-19-22-21-18(27-19)14-10-8-11-15(12-14)30(25,26)24(6-2)7-3/h8,10-13H,5-7,9H2,1-4H3. The summed E-state index contributed by atoms with van der Waals surface area (Å²) in [5.74, 6) is 1.42. The molecule has 0 saturated carbocycles. The number of aromatic nitrogens is 4. The zero-order chi connectivity index (χ0) is 21.7. The van der Waals surface area contributed by atoms with E-state index < -0.39 is 10.0 Å². The SMILES string of the molecule is CCCc1noc(C(C)Sc2nnc(-c3cccc(S(=O)(=O)N(CC)CC)c3)o2)n1. The minimum atomic E-state index is -3.57. The van der Waals surface area contributed by atoms with E-state index in [0.717, 1.165) is 12.8 Å². The lowest BCUT2D eigenvalue weighted by Crippen LogP contribution is -2.30. The Balaban J connectivity index is 1.77. The van der Waals surface area contributed by atoms with Crippen LogP contribution in [0.1, 0.15) is 51.1 Å². The van der Waals surface area contributed by atoms with E-state index in [1.54, 1.807) is 24.3 Å². The summed E-state index contributed by atoms with van der Waals surface area (Å²) in [6, 6.07) is 6.52. The van der Waals surface area contributed by atoms with Gasteiger partial charge in [0.15, 0.2) is 5.82 Å². The summed E-state index contributed by atoms with van der Waals surface area (Å²) < 4.78 is 38.0. The van der Waals surface area contributed by atoms with E-state index in [-0.39, 0.29) is 16.0 Å². The van der Waals surface area contributed by atoms with E-state index in [1.807, 2.05) is 20.8 Å². The van der Waals surface area contributed by atoms with Crippen LogP contribution in [0.3, 0.4) is 0 Å². The molecule has 0 aliphatic heterocycles. The van der Waals surface area contributed by atoms with Crippen LogP contribution in [0.4, 0.5) is 0 Å². The van der Waals surface area contributed by atoms with E-state index in [9.17, 15) is 8.42 Å². The maximum atomic E-state index is 12.8. The molecule has 0 N–H and O–H groups in total. The zero-order valence-corrected chi connectivity index (χ0v) is 19.0. The van der Waals surface area contributed by atoms with Gasteiger partial charge in [-0.15, -0.1) is 10.2 Å². The summed E-state index contributed by atoms with van der Waals surface area (Å²) in [7, 11) is -3.57. The molecule has 0 saturated heterocycles. The van der Waals surface area contributed by atoms with Gasteiger partial charge in [0.25, 0.3) is 5.22 Å². The molecule has 1 atom stereocenters. The van der Waals surface area contributed by atoms with Crippen LogP contribution < -0.4 is 0 Å². The maximum absolute atomic E-state index is 12.8. The second-order valence-electron chi connectivity index (χ2n) is 6.55. The molecule has 11 heteroatoms. The smallest absolute Gasteiger partial charge is 0.277 e. The Morgan fingerprint density at radius 1 is 1.17 bits per heavy atom. The number of aryl methyl sites for hydroxylation is 1. The summed E-state index contributed by atoms with van der Waals surface area (Å²) in [5.41, 5.74) is 0.540. The predicted molar refractivity (Wildman–Crippen MR) is 112 cm³/mol. The van der Waals surface area contributed by atoms with Crippen molar-refractivity contribution in [2.45, 2.75) is 55.9 Å². The van der Waals surface area contributed by atoms with Crippen LogP contribution in [0, 0.1) is 0 Å². The lowest BCUT2D eigenvalue weighted by molar-refractivity contribution is 0.373.